The molecule has 26 heavy (non-hydrogen) atoms. The van der Waals surface area contributed by atoms with Crippen LogP contribution in [0.2, 0.25) is 0 Å². The molecular weight excluding hydrogens is 340 g/mol. The third kappa shape index (κ3) is 3.72. The van der Waals surface area contributed by atoms with Gasteiger partial charge < -0.3 is 15.3 Å². The van der Waals surface area contributed by atoms with Crippen molar-refractivity contribution in [2.45, 2.75) is 37.5 Å². The van der Waals surface area contributed by atoms with E-state index in [1.807, 2.05) is 11.8 Å². The van der Waals surface area contributed by atoms with Gasteiger partial charge in [-0.15, -0.1) is 0 Å². The lowest BCUT2D eigenvalue weighted by Gasteiger charge is -2.42. The lowest BCUT2D eigenvalue weighted by Crippen LogP contribution is -2.47. The Kier molecular flexibility index (Phi) is 5.27. The number of nitrogens with zero attached hydrogens (tertiary/aromatic N) is 1. The Morgan fingerprint density at radius 1 is 1.04 bits per heavy atom. The Hall–Kier alpha value is -2.02. The molecule has 0 aromatic heterocycles. The molecule has 6 heteroatoms. The van der Waals surface area contributed by atoms with Gasteiger partial charge in [-0.1, -0.05) is 18.2 Å². The van der Waals surface area contributed by atoms with E-state index in [1.54, 1.807) is 12.1 Å². The summed E-state index contributed by atoms with van der Waals surface area (Å²) in [6.07, 6.45) is 0.00123. The van der Waals surface area contributed by atoms with Gasteiger partial charge in [0.1, 0.15) is 5.82 Å². The van der Waals surface area contributed by atoms with Crippen LogP contribution >= 0.6 is 0 Å². The smallest absolute Gasteiger partial charge is 0.165 e. The highest BCUT2D eigenvalue weighted by Crippen LogP contribution is 2.35. The first kappa shape index (κ1) is 18.8. The topological polar surface area (TPSA) is 63.9 Å². The average molecular weight is 363 g/mol. The first-order valence-corrected chi connectivity index (χ1v) is 8.69. The predicted octanol–water partition coefficient (Wildman–Crippen LogP) is 3.08. The number of phenolic OH excluding ortho intramolecular Hbond substituents is 1. The summed E-state index contributed by atoms with van der Waals surface area (Å²) < 4.78 is 26.6. The minimum absolute atomic E-state index is 0.281. The maximum Gasteiger partial charge on any atom is 0.165 e. The first-order chi connectivity index (χ1) is 12.3. The molecule has 0 amide bonds. The molecule has 1 fully saturated rings. The van der Waals surface area contributed by atoms with Crippen molar-refractivity contribution in [3.63, 3.8) is 0 Å². The van der Waals surface area contributed by atoms with Gasteiger partial charge in [0, 0.05) is 19.1 Å². The van der Waals surface area contributed by atoms with Crippen molar-refractivity contribution < 1.29 is 24.1 Å². The highest BCUT2D eigenvalue weighted by atomic mass is 19.1. The molecule has 0 bridgehead atoms. The van der Waals surface area contributed by atoms with Gasteiger partial charge in [0.2, 0.25) is 0 Å². The lowest BCUT2D eigenvalue weighted by molar-refractivity contribution is -0.0502. The molecule has 3 rings (SSSR count). The molecule has 1 aliphatic rings. The van der Waals surface area contributed by atoms with E-state index in [2.05, 4.69) is 0 Å². The molecule has 1 saturated heterocycles. The van der Waals surface area contributed by atoms with Gasteiger partial charge in [-0.05, 0) is 55.2 Å². The zero-order valence-electron chi connectivity index (χ0n) is 14.6. The number of phenols is 1. The van der Waals surface area contributed by atoms with E-state index in [0.29, 0.717) is 37.1 Å². The molecule has 1 aliphatic heterocycles. The van der Waals surface area contributed by atoms with Crippen molar-refractivity contribution >= 4 is 0 Å². The van der Waals surface area contributed by atoms with Gasteiger partial charge in [0.05, 0.1) is 11.7 Å². The zero-order valence-corrected chi connectivity index (χ0v) is 14.6. The summed E-state index contributed by atoms with van der Waals surface area (Å²) >= 11 is 0. The number of aliphatic hydroxyl groups is 2. The minimum atomic E-state index is -1.01. The number of benzene rings is 2. The van der Waals surface area contributed by atoms with Gasteiger partial charge in [0.15, 0.2) is 11.6 Å². The van der Waals surface area contributed by atoms with Crippen LogP contribution in [0, 0.1) is 11.6 Å². The second-order valence-electron chi connectivity index (χ2n) is 6.97. The molecule has 4 nitrogen and oxygen atoms in total. The van der Waals surface area contributed by atoms with E-state index < -0.39 is 23.3 Å². The summed E-state index contributed by atoms with van der Waals surface area (Å²) in [5.74, 6) is -1.55. The molecule has 2 atom stereocenters. The van der Waals surface area contributed by atoms with Crippen molar-refractivity contribution in [1.29, 1.82) is 0 Å². The summed E-state index contributed by atoms with van der Waals surface area (Å²) in [6.45, 7) is 2.94. The van der Waals surface area contributed by atoms with Crippen molar-refractivity contribution in [3.05, 3.63) is 65.2 Å². The third-order valence-corrected chi connectivity index (χ3v) is 5.35. The van der Waals surface area contributed by atoms with E-state index in [9.17, 15) is 24.1 Å². The zero-order chi connectivity index (χ0) is 18.9. The molecule has 2 aromatic rings. The highest BCUT2D eigenvalue weighted by molar-refractivity contribution is 5.30. The highest BCUT2D eigenvalue weighted by Gasteiger charge is 2.36. The third-order valence-electron chi connectivity index (χ3n) is 5.35. The largest absolute Gasteiger partial charge is 0.505 e. The Morgan fingerprint density at radius 3 is 2.23 bits per heavy atom. The molecule has 3 N–H and O–H groups in total. The normalized spacial score (nSPS) is 19.9. The molecule has 2 aromatic carbocycles. The quantitative estimate of drug-likeness (QED) is 0.781. The lowest BCUT2D eigenvalue weighted by atomic mass is 9.83. The van der Waals surface area contributed by atoms with Crippen LogP contribution < -0.4 is 0 Å². The standard InChI is InChI=1S/C20H23F2NO3/c1-13(19(25)14-2-7-18(24)17(22)12-14)23-10-8-20(26,9-11-23)15-3-5-16(21)6-4-15/h2-7,12-13,19,24-26H,8-11H2,1H3. The number of hydrogen-bond donors (Lipinski definition) is 3. The number of aliphatic hydroxyl groups excluding tert-OH is 1. The maximum atomic E-state index is 13.5. The van der Waals surface area contributed by atoms with E-state index in [4.69, 9.17) is 0 Å². The number of piperidine rings is 1. The summed E-state index contributed by atoms with van der Waals surface area (Å²) in [5.41, 5.74) is 0.0685. The Bertz CT molecular complexity index is 758. The second kappa shape index (κ2) is 7.31. The van der Waals surface area contributed by atoms with Crippen molar-refractivity contribution in [1.82, 2.24) is 4.90 Å². The van der Waals surface area contributed by atoms with Crippen LogP contribution in [-0.2, 0) is 5.60 Å². The van der Waals surface area contributed by atoms with Gasteiger partial charge in [-0.2, -0.15) is 0 Å². The van der Waals surface area contributed by atoms with Crippen molar-refractivity contribution in [2.75, 3.05) is 13.1 Å². The summed E-state index contributed by atoms with van der Waals surface area (Å²) in [4.78, 5) is 2.04. The molecule has 0 spiro atoms. The van der Waals surface area contributed by atoms with Crippen LogP contribution in [-0.4, -0.2) is 39.4 Å². The molecule has 2 unspecified atom stereocenters. The molecule has 140 valence electrons. The van der Waals surface area contributed by atoms with Gasteiger partial charge in [-0.25, -0.2) is 8.78 Å². The van der Waals surface area contributed by atoms with Gasteiger partial charge in [0.25, 0.3) is 0 Å². The fraction of sp³-hybridized carbons (Fsp3) is 0.400. The van der Waals surface area contributed by atoms with E-state index in [-0.39, 0.29) is 11.9 Å². The molecular formula is C20H23F2NO3. The van der Waals surface area contributed by atoms with Crippen LogP contribution in [0.1, 0.15) is 37.0 Å². The van der Waals surface area contributed by atoms with Crippen LogP contribution in [0.4, 0.5) is 8.78 Å². The average Bonchev–Trinajstić information content (AvgIpc) is 2.64. The van der Waals surface area contributed by atoms with Crippen molar-refractivity contribution in [3.8, 4) is 5.75 Å². The minimum Gasteiger partial charge on any atom is -0.505 e. The maximum absolute atomic E-state index is 13.5. The summed E-state index contributed by atoms with van der Waals surface area (Å²) in [5, 5.41) is 30.7. The number of hydrogen-bond acceptors (Lipinski definition) is 4. The molecule has 0 aliphatic carbocycles. The van der Waals surface area contributed by atoms with E-state index in [1.165, 1.54) is 24.3 Å². The van der Waals surface area contributed by atoms with Crippen LogP contribution in [0.25, 0.3) is 0 Å². The number of likely N-dealkylation sites (tertiary alicyclic amines) is 1. The Morgan fingerprint density at radius 2 is 1.65 bits per heavy atom. The van der Waals surface area contributed by atoms with Crippen LogP contribution in [0.15, 0.2) is 42.5 Å². The fourth-order valence-electron chi connectivity index (χ4n) is 3.54. The monoisotopic (exact) mass is 363 g/mol. The Labute approximate surface area is 151 Å². The fourth-order valence-corrected chi connectivity index (χ4v) is 3.54. The van der Waals surface area contributed by atoms with E-state index >= 15 is 0 Å². The first-order valence-electron chi connectivity index (χ1n) is 8.69. The van der Waals surface area contributed by atoms with Gasteiger partial charge in [-0.3, -0.25) is 4.90 Å². The van der Waals surface area contributed by atoms with Crippen LogP contribution in [0.3, 0.4) is 0 Å². The van der Waals surface area contributed by atoms with E-state index in [0.717, 1.165) is 6.07 Å². The second-order valence-corrected chi connectivity index (χ2v) is 6.97. The molecule has 0 saturated carbocycles. The predicted molar refractivity (Wildman–Crippen MR) is 93.6 cm³/mol. The van der Waals surface area contributed by atoms with Crippen molar-refractivity contribution in [2.24, 2.45) is 0 Å². The number of rotatable bonds is 4. The van der Waals surface area contributed by atoms with Crippen LogP contribution in [0.5, 0.6) is 5.75 Å². The Balaban J connectivity index is 1.66. The summed E-state index contributed by atoms with van der Waals surface area (Å²) in [7, 11) is 0. The molecule has 1 heterocycles. The summed E-state index contributed by atoms with van der Waals surface area (Å²) in [6, 6.07) is 9.45. The number of aromatic hydroxyl groups is 1. The number of halogens is 2. The van der Waals surface area contributed by atoms with Gasteiger partial charge >= 0.3 is 0 Å². The molecule has 0 radical (unpaired) electrons. The SMILES string of the molecule is CC(C(O)c1ccc(O)c(F)c1)N1CCC(O)(c2ccc(F)cc2)CC1.